The second kappa shape index (κ2) is 26.7. The maximum Gasteiger partial charge on any atom is 0.219 e. The number of hydrogen-bond donors (Lipinski definition) is 1. The molecule has 2 fully saturated rings. The first-order valence-electron chi connectivity index (χ1n) is 24.7. The summed E-state index contributed by atoms with van der Waals surface area (Å²) in [5.74, 6) is -2.06. The van der Waals surface area contributed by atoms with E-state index in [1.165, 1.54) is 0 Å². The SMILES string of the molecule is O[C@@]1(COCc2ccccc2)O[C@H](COCc2ccccc2)[C@@H](OCc2ccccc2)[C@@H]1O[C@H]1O[C@H](COCc2ccccc2)[C@@H](OCc2ccccc2)[C@H](OCc2ccccc2)[C@H]1OCc1ccccc1. The Morgan fingerprint density at radius 3 is 1.07 bits per heavy atom. The predicted octanol–water partition coefficient (Wildman–Crippen LogP) is 10.2. The zero-order chi connectivity index (χ0) is 49.1. The number of hydrogen-bond acceptors (Lipinski definition) is 11. The molecule has 2 heterocycles. The summed E-state index contributed by atoms with van der Waals surface area (Å²) in [7, 11) is 0. The first-order chi connectivity index (χ1) is 35.6. The first kappa shape index (κ1) is 51.0. The molecule has 2 aliphatic heterocycles. The van der Waals surface area contributed by atoms with Crippen LogP contribution in [0.1, 0.15) is 38.9 Å². The molecular weight excluding hydrogens is 909 g/mol. The van der Waals surface area contributed by atoms with E-state index in [1.807, 2.05) is 212 Å². The van der Waals surface area contributed by atoms with Gasteiger partial charge in [0.1, 0.15) is 49.3 Å². The highest BCUT2D eigenvalue weighted by atomic mass is 16.8. The zero-order valence-corrected chi connectivity index (χ0v) is 40.4. The highest BCUT2D eigenvalue weighted by Crippen LogP contribution is 2.40. The van der Waals surface area contributed by atoms with E-state index >= 15 is 0 Å². The van der Waals surface area contributed by atoms with Crippen molar-refractivity contribution in [2.24, 2.45) is 0 Å². The standard InChI is InChI=1S/C61H64O11/c62-61(45-65-38-48-26-12-3-13-27-48)59(56(67-40-50-30-16-5-17-31-50)54(72-61)44-64-37-47-24-10-2-11-25-47)71-60-58(69-42-52-34-20-7-21-35-52)57(68-41-51-32-18-6-19-33-51)55(66-39-49-28-14-4-15-29-49)53(70-60)43-63-36-46-22-8-1-9-23-46/h1-35,53-60,62H,36-45H2/t53-,54-,55-,56-,57+,58-,59+,60-,61+/m1/s1. The smallest absolute Gasteiger partial charge is 0.219 e. The molecule has 9 rings (SSSR count). The lowest BCUT2D eigenvalue weighted by Crippen LogP contribution is -2.64. The zero-order valence-electron chi connectivity index (χ0n) is 40.4. The molecule has 7 aromatic carbocycles. The molecule has 0 amide bonds. The molecule has 0 radical (unpaired) electrons. The van der Waals surface area contributed by atoms with Crippen LogP contribution in [0.5, 0.6) is 0 Å². The Labute approximate surface area is 423 Å². The van der Waals surface area contributed by atoms with Crippen LogP contribution in [-0.4, -0.2) is 79.7 Å². The quantitative estimate of drug-likeness (QED) is 0.0560. The Bertz CT molecular complexity index is 2560. The molecule has 1 N–H and O–H groups in total. The van der Waals surface area contributed by atoms with Gasteiger partial charge in [-0.25, -0.2) is 0 Å². The van der Waals surface area contributed by atoms with E-state index in [2.05, 4.69) is 0 Å². The molecular formula is C61H64O11. The minimum atomic E-state index is -2.06. The van der Waals surface area contributed by atoms with Crippen molar-refractivity contribution >= 4 is 0 Å². The van der Waals surface area contributed by atoms with Crippen LogP contribution in [0.15, 0.2) is 212 Å². The summed E-state index contributed by atoms with van der Waals surface area (Å²) in [6.45, 7) is 1.66. The van der Waals surface area contributed by atoms with E-state index in [0.717, 1.165) is 38.9 Å². The van der Waals surface area contributed by atoms with Crippen LogP contribution in [0.2, 0.25) is 0 Å². The fraction of sp³-hybridized carbons (Fsp3) is 0.311. The predicted molar refractivity (Wildman–Crippen MR) is 272 cm³/mol. The lowest BCUT2D eigenvalue weighted by Gasteiger charge is -2.47. The lowest BCUT2D eigenvalue weighted by atomic mass is 9.97. The Balaban J connectivity index is 1.08. The average Bonchev–Trinajstić information content (AvgIpc) is 3.69. The van der Waals surface area contributed by atoms with E-state index in [4.69, 9.17) is 47.4 Å². The van der Waals surface area contributed by atoms with Crippen LogP contribution < -0.4 is 0 Å². The second-order valence-electron chi connectivity index (χ2n) is 18.1. The summed E-state index contributed by atoms with van der Waals surface area (Å²) in [6, 6.07) is 69.4. The normalized spacial score (nSPS) is 24.0. The summed E-state index contributed by atoms with van der Waals surface area (Å²) in [6.07, 6.45) is -7.31. The molecule has 11 nitrogen and oxygen atoms in total. The highest BCUT2D eigenvalue weighted by molar-refractivity contribution is 5.19. The van der Waals surface area contributed by atoms with Gasteiger partial charge in [0.15, 0.2) is 6.29 Å². The van der Waals surface area contributed by atoms with Gasteiger partial charge in [0.25, 0.3) is 0 Å². The summed E-state index contributed by atoms with van der Waals surface area (Å²) < 4.78 is 68.1. The minimum absolute atomic E-state index is 0.0723. The van der Waals surface area contributed by atoms with Crippen LogP contribution in [0, 0.1) is 0 Å². The Morgan fingerprint density at radius 2 is 0.667 bits per heavy atom. The third-order valence-corrected chi connectivity index (χ3v) is 12.7. The van der Waals surface area contributed by atoms with E-state index in [1.54, 1.807) is 0 Å². The van der Waals surface area contributed by atoms with Crippen molar-refractivity contribution in [2.45, 2.75) is 101 Å². The second-order valence-corrected chi connectivity index (χ2v) is 18.1. The molecule has 2 saturated heterocycles. The van der Waals surface area contributed by atoms with Gasteiger partial charge in [0.2, 0.25) is 5.79 Å². The first-order valence-corrected chi connectivity index (χ1v) is 24.7. The van der Waals surface area contributed by atoms with Gasteiger partial charge < -0.3 is 52.5 Å². The van der Waals surface area contributed by atoms with Gasteiger partial charge in [0, 0.05) is 0 Å². The summed E-state index contributed by atoms with van der Waals surface area (Å²) in [4.78, 5) is 0. The summed E-state index contributed by atoms with van der Waals surface area (Å²) in [5, 5.41) is 13.0. The molecule has 11 heteroatoms. The number of ether oxygens (including phenoxy) is 10. The summed E-state index contributed by atoms with van der Waals surface area (Å²) >= 11 is 0. The molecule has 0 spiro atoms. The largest absolute Gasteiger partial charge is 0.374 e. The topological polar surface area (TPSA) is 113 Å². The van der Waals surface area contributed by atoms with Crippen molar-refractivity contribution in [3.8, 4) is 0 Å². The highest BCUT2D eigenvalue weighted by Gasteiger charge is 2.59. The Morgan fingerprint density at radius 1 is 0.347 bits per heavy atom. The molecule has 0 unspecified atom stereocenters. The van der Waals surface area contributed by atoms with Crippen LogP contribution in [-0.2, 0) is 93.6 Å². The molecule has 0 saturated carbocycles. The average molecular weight is 973 g/mol. The fourth-order valence-electron chi connectivity index (χ4n) is 9.00. The molecule has 9 atom stereocenters. The molecule has 0 aromatic heterocycles. The van der Waals surface area contributed by atoms with Gasteiger partial charge in [-0.3, -0.25) is 0 Å². The minimum Gasteiger partial charge on any atom is -0.374 e. The number of benzene rings is 7. The molecule has 2 aliphatic rings. The Kier molecular flexibility index (Phi) is 18.9. The number of aliphatic hydroxyl groups is 1. The van der Waals surface area contributed by atoms with Crippen LogP contribution in [0.25, 0.3) is 0 Å². The lowest BCUT2D eigenvalue weighted by molar-refractivity contribution is -0.360. The third kappa shape index (κ3) is 14.6. The molecule has 374 valence electrons. The third-order valence-electron chi connectivity index (χ3n) is 12.7. The van der Waals surface area contributed by atoms with E-state index in [9.17, 15) is 5.11 Å². The maximum absolute atomic E-state index is 13.0. The van der Waals surface area contributed by atoms with Gasteiger partial charge in [-0.2, -0.15) is 0 Å². The van der Waals surface area contributed by atoms with Crippen LogP contribution in [0.4, 0.5) is 0 Å². The van der Waals surface area contributed by atoms with Gasteiger partial charge in [-0.15, -0.1) is 0 Å². The van der Waals surface area contributed by atoms with E-state index in [-0.39, 0.29) is 52.9 Å². The van der Waals surface area contributed by atoms with E-state index < -0.39 is 54.8 Å². The molecule has 7 aromatic rings. The van der Waals surface area contributed by atoms with Crippen molar-refractivity contribution in [1.82, 2.24) is 0 Å². The van der Waals surface area contributed by atoms with Crippen LogP contribution >= 0.6 is 0 Å². The molecule has 72 heavy (non-hydrogen) atoms. The van der Waals surface area contributed by atoms with Crippen molar-refractivity contribution in [3.63, 3.8) is 0 Å². The molecule has 0 bridgehead atoms. The van der Waals surface area contributed by atoms with Gasteiger partial charge in [-0.1, -0.05) is 212 Å². The van der Waals surface area contributed by atoms with Gasteiger partial charge in [-0.05, 0) is 38.9 Å². The van der Waals surface area contributed by atoms with Crippen molar-refractivity contribution in [3.05, 3.63) is 251 Å². The Hall–Kier alpha value is -5.90. The van der Waals surface area contributed by atoms with Crippen molar-refractivity contribution < 1.29 is 52.5 Å². The maximum atomic E-state index is 13.0. The monoisotopic (exact) mass is 972 g/mol. The van der Waals surface area contributed by atoms with E-state index in [0.29, 0.717) is 13.2 Å². The summed E-state index contributed by atoms with van der Waals surface area (Å²) in [5.41, 5.74) is 6.73. The van der Waals surface area contributed by atoms with Gasteiger partial charge in [0.05, 0.1) is 59.5 Å². The van der Waals surface area contributed by atoms with Crippen LogP contribution in [0.3, 0.4) is 0 Å². The van der Waals surface area contributed by atoms with Gasteiger partial charge >= 0.3 is 0 Å². The number of rotatable bonds is 26. The molecule has 0 aliphatic carbocycles. The van der Waals surface area contributed by atoms with Crippen molar-refractivity contribution in [2.75, 3.05) is 19.8 Å². The fourth-order valence-corrected chi connectivity index (χ4v) is 9.00. The van der Waals surface area contributed by atoms with Crippen molar-refractivity contribution in [1.29, 1.82) is 0 Å².